The van der Waals surface area contributed by atoms with Crippen LogP contribution in [0.25, 0.3) is 29.6 Å². The van der Waals surface area contributed by atoms with Gasteiger partial charge in [-0.2, -0.15) is 0 Å². The third-order valence-electron chi connectivity index (χ3n) is 3.04. The molecule has 2 aromatic carbocycles. The molecule has 17 heavy (non-hydrogen) atoms. The highest BCUT2D eigenvalue weighted by molar-refractivity contribution is 7.44. The minimum atomic E-state index is 0.843. The average molecular weight is 250 g/mol. The molecule has 0 bridgehead atoms. The first kappa shape index (κ1) is 9.69. The Labute approximate surface area is 108 Å². The van der Waals surface area contributed by atoms with Crippen molar-refractivity contribution < 1.29 is 0 Å². The molecule has 4 rings (SSSR count). The lowest BCUT2D eigenvalue weighted by atomic mass is 9.95. The average Bonchev–Trinajstić information content (AvgIpc) is 2.83. The molecule has 0 aliphatic carbocycles. The van der Waals surface area contributed by atoms with Crippen molar-refractivity contribution in [1.29, 1.82) is 0 Å². The van der Waals surface area contributed by atoms with Crippen LogP contribution in [0.1, 0.15) is 0 Å². The van der Waals surface area contributed by atoms with Gasteiger partial charge in [-0.15, -0.1) is 22.7 Å². The Morgan fingerprint density at radius 2 is 1.59 bits per heavy atom. The Hall–Kier alpha value is -1.32. The van der Waals surface area contributed by atoms with Crippen LogP contribution in [-0.2, 0) is 0 Å². The number of hydrogen-bond donors (Lipinski definition) is 0. The quantitative estimate of drug-likeness (QED) is 0.413. The van der Waals surface area contributed by atoms with E-state index in [2.05, 4.69) is 36.4 Å². The molecule has 0 spiro atoms. The zero-order valence-electron chi connectivity index (χ0n) is 8.94. The van der Waals surface area contributed by atoms with Gasteiger partial charge in [0.25, 0.3) is 0 Å². The molecule has 0 unspecified atom stereocenters. The second kappa shape index (κ2) is 3.34. The van der Waals surface area contributed by atoms with Gasteiger partial charge in [-0.25, -0.2) is 0 Å². The van der Waals surface area contributed by atoms with Gasteiger partial charge in [-0.3, -0.25) is 0 Å². The van der Waals surface area contributed by atoms with Crippen LogP contribution >= 0.6 is 22.7 Å². The maximum atomic E-state index is 5.84. The van der Waals surface area contributed by atoms with E-state index in [0.717, 1.165) is 5.46 Å². The highest BCUT2D eigenvalue weighted by atomic mass is 32.2. The summed E-state index contributed by atoms with van der Waals surface area (Å²) in [7, 11) is 5.84. The first-order valence-corrected chi connectivity index (χ1v) is 7.05. The van der Waals surface area contributed by atoms with E-state index >= 15 is 0 Å². The zero-order valence-corrected chi connectivity index (χ0v) is 10.6. The molecule has 0 N–H and O–H groups in total. The molecule has 0 amide bonds. The predicted molar refractivity (Wildman–Crippen MR) is 80.1 cm³/mol. The Morgan fingerprint density at radius 3 is 2.53 bits per heavy atom. The van der Waals surface area contributed by atoms with E-state index in [9.17, 15) is 0 Å². The largest absolute Gasteiger partial charge is 0.124 e. The molecule has 2 heterocycles. The zero-order chi connectivity index (χ0) is 11.4. The molecule has 3 heteroatoms. The molecular weight excluding hydrogens is 243 g/mol. The second-order valence-corrected chi connectivity index (χ2v) is 6.48. The van der Waals surface area contributed by atoms with Crippen LogP contribution < -0.4 is 5.46 Å². The first-order valence-electron chi connectivity index (χ1n) is 5.42. The van der Waals surface area contributed by atoms with Gasteiger partial charge in [-0.1, -0.05) is 41.9 Å². The van der Waals surface area contributed by atoms with Crippen LogP contribution in [0, 0.1) is 0 Å². The summed E-state index contributed by atoms with van der Waals surface area (Å²) in [5, 5.41) is 4.09. The van der Waals surface area contributed by atoms with Crippen LogP contribution in [0.5, 0.6) is 0 Å². The summed E-state index contributed by atoms with van der Waals surface area (Å²) in [4.78, 5) is 0. The van der Waals surface area contributed by atoms with Crippen molar-refractivity contribution in [3.63, 3.8) is 0 Å². The van der Waals surface area contributed by atoms with Crippen molar-refractivity contribution in [2.45, 2.75) is 0 Å². The lowest BCUT2D eigenvalue weighted by Crippen LogP contribution is -1.98. The van der Waals surface area contributed by atoms with E-state index in [4.69, 9.17) is 7.85 Å². The van der Waals surface area contributed by atoms with E-state index in [-0.39, 0.29) is 0 Å². The number of thiophene rings is 2. The number of benzene rings is 2. The highest BCUT2D eigenvalue weighted by Crippen LogP contribution is 2.43. The van der Waals surface area contributed by atoms with Gasteiger partial charge >= 0.3 is 0 Å². The first-order chi connectivity index (χ1) is 8.33. The Morgan fingerprint density at radius 1 is 0.824 bits per heavy atom. The standard InChI is InChI=1S/C14H7BS2/c15-8-5-6-10-12(7-8)17-14-13(10)9-3-1-2-4-11(9)16-14/h1-7H. The van der Waals surface area contributed by atoms with Crippen molar-refractivity contribution in [2.24, 2.45) is 0 Å². The van der Waals surface area contributed by atoms with E-state index in [0.29, 0.717) is 0 Å². The monoisotopic (exact) mass is 250 g/mol. The molecule has 0 fully saturated rings. The molecule has 0 aliphatic heterocycles. The van der Waals surface area contributed by atoms with Crippen LogP contribution in [-0.4, -0.2) is 7.85 Å². The van der Waals surface area contributed by atoms with E-state index in [1.165, 1.54) is 29.6 Å². The minimum Gasteiger partial charge on any atom is -0.124 e. The van der Waals surface area contributed by atoms with Gasteiger partial charge < -0.3 is 0 Å². The molecule has 4 aromatic rings. The summed E-state index contributed by atoms with van der Waals surface area (Å²) < 4.78 is 4.05. The topological polar surface area (TPSA) is 0 Å². The van der Waals surface area contributed by atoms with E-state index in [1.807, 2.05) is 28.7 Å². The number of fused-ring (bicyclic) bond motifs is 5. The summed E-state index contributed by atoms with van der Waals surface area (Å²) in [5.41, 5.74) is 0.843. The van der Waals surface area contributed by atoms with Gasteiger partial charge in [0.1, 0.15) is 7.85 Å². The molecule has 2 aromatic heterocycles. The van der Waals surface area contributed by atoms with Crippen LogP contribution in [0.2, 0.25) is 0 Å². The van der Waals surface area contributed by atoms with Crippen molar-refractivity contribution >= 4 is 65.6 Å². The lowest BCUT2D eigenvalue weighted by Gasteiger charge is -1.94. The van der Waals surface area contributed by atoms with Gasteiger partial charge in [0.15, 0.2) is 0 Å². The van der Waals surface area contributed by atoms with Crippen molar-refractivity contribution in [3.05, 3.63) is 42.5 Å². The summed E-state index contributed by atoms with van der Waals surface area (Å²) in [6.45, 7) is 0. The van der Waals surface area contributed by atoms with E-state index in [1.54, 1.807) is 0 Å². The van der Waals surface area contributed by atoms with E-state index < -0.39 is 0 Å². The van der Waals surface area contributed by atoms with Gasteiger partial charge in [0, 0.05) is 25.6 Å². The van der Waals surface area contributed by atoms with Gasteiger partial charge in [0.2, 0.25) is 0 Å². The molecule has 0 aliphatic rings. The lowest BCUT2D eigenvalue weighted by molar-refractivity contribution is 1.87. The Kier molecular flexibility index (Phi) is 1.90. The van der Waals surface area contributed by atoms with Gasteiger partial charge in [0.05, 0.1) is 4.01 Å². The summed E-state index contributed by atoms with van der Waals surface area (Å²) >= 11 is 3.71. The molecule has 0 saturated heterocycles. The SMILES string of the molecule is [B]c1ccc2c(c1)sc1sc3ccccc3c12. The van der Waals surface area contributed by atoms with Crippen molar-refractivity contribution in [1.82, 2.24) is 0 Å². The minimum absolute atomic E-state index is 0.843. The van der Waals surface area contributed by atoms with Crippen molar-refractivity contribution in [2.75, 3.05) is 0 Å². The second-order valence-electron chi connectivity index (χ2n) is 4.12. The Balaban J connectivity index is 2.31. The fraction of sp³-hybridized carbons (Fsp3) is 0. The normalized spacial score (nSPS) is 11.8. The fourth-order valence-electron chi connectivity index (χ4n) is 2.28. The van der Waals surface area contributed by atoms with Gasteiger partial charge in [-0.05, 0) is 6.07 Å². The molecule has 78 valence electrons. The number of hydrogen-bond acceptors (Lipinski definition) is 2. The summed E-state index contributed by atoms with van der Waals surface area (Å²) in [6.07, 6.45) is 0. The maximum Gasteiger partial charge on any atom is 0.113 e. The molecule has 2 radical (unpaired) electrons. The summed E-state index contributed by atoms with van der Waals surface area (Å²) in [5.74, 6) is 0. The highest BCUT2D eigenvalue weighted by Gasteiger charge is 2.11. The van der Waals surface area contributed by atoms with Crippen molar-refractivity contribution in [3.8, 4) is 0 Å². The Bertz CT molecular complexity index is 854. The predicted octanol–water partition coefficient (Wildman–Crippen LogP) is 4.06. The smallest absolute Gasteiger partial charge is 0.113 e. The molecular formula is C14H7BS2. The molecule has 0 nitrogen and oxygen atoms in total. The van der Waals surface area contributed by atoms with Crippen LogP contribution in [0.15, 0.2) is 42.5 Å². The third kappa shape index (κ3) is 1.30. The summed E-state index contributed by atoms with van der Waals surface area (Å²) in [6, 6.07) is 14.8. The number of rotatable bonds is 0. The maximum absolute atomic E-state index is 5.84. The van der Waals surface area contributed by atoms with Crippen LogP contribution in [0.3, 0.4) is 0 Å². The molecule has 0 atom stereocenters. The molecule has 0 saturated carbocycles. The van der Waals surface area contributed by atoms with Crippen LogP contribution in [0.4, 0.5) is 0 Å². The fourth-order valence-corrected chi connectivity index (χ4v) is 4.93. The third-order valence-corrected chi connectivity index (χ3v) is 5.45.